The van der Waals surface area contributed by atoms with Crippen molar-refractivity contribution in [1.29, 1.82) is 0 Å². The van der Waals surface area contributed by atoms with Gasteiger partial charge < -0.3 is 4.90 Å². The van der Waals surface area contributed by atoms with Crippen molar-refractivity contribution in [3.05, 3.63) is 0 Å². The highest BCUT2D eigenvalue weighted by molar-refractivity contribution is 7.80. The van der Waals surface area contributed by atoms with Crippen molar-refractivity contribution < 1.29 is 0 Å². The summed E-state index contributed by atoms with van der Waals surface area (Å²) in [6, 6.07) is 0. The molecule has 0 aromatic carbocycles. The second-order valence-corrected chi connectivity index (χ2v) is 7.89. The van der Waals surface area contributed by atoms with Gasteiger partial charge in [0.1, 0.15) is 0 Å². The smallest absolute Gasteiger partial charge is 0.0125 e. The van der Waals surface area contributed by atoms with Crippen LogP contribution in [0.2, 0.25) is 0 Å². The fourth-order valence-electron chi connectivity index (χ4n) is 3.29. The first-order valence-corrected chi connectivity index (χ1v) is 8.12. The van der Waals surface area contributed by atoms with Gasteiger partial charge in [-0.2, -0.15) is 12.6 Å². The summed E-state index contributed by atoms with van der Waals surface area (Å²) in [5.41, 5.74) is 0.344. The molecule has 2 fully saturated rings. The van der Waals surface area contributed by atoms with Gasteiger partial charge in [0.25, 0.3) is 0 Å². The van der Waals surface area contributed by atoms with Gasteiger partial charge in [0.2, 0.25) is 0 Å². The van der Waals surface area contributed by atoms with E-state index in [4.69, 9.17) is 0 Å². The predicted octanol–water partition coefficient (Wildman–Crippen LogP) is 2.89. The first-order valence-electron chi connectivity index (χ1n) is 7.60. The number of likely N-dealkylation sites (tertiary alicyclic amines) is 2. The molecule has 0 saturated carbocycles. The first kappa shape index (κ1) is 14.7. The van der Waals surface area contributed by atoms with E-state index < -0.39 is 0 Å². The van der Waals surface area contributed by atoms with Crippen LogP contribution in [0, 0.1) is 5.92 Å². The van der Waals surface area contributed by atoms with E-state index in [0.717, 1.165) is 5.92 Å². The van der Waals surface area contributed by atoms with Crippen molar-refractivity contribution in [2.75, 3.05) is 32.7 Å². The summed E-state index contributed by atoms with van der Waals surface area (Å²) in [7, 11) is 0. The van der Waals surface area contributed by atoms with Gasteiger partial charge in [-0.05, 0) is 72.0 Å². The van der Waals surface area contributed by atoms with Crippen molar-refractivity contribution >= 4 is 12.6 Å². The lowest BCUT2D eigenvalue weighted by Crippen LogP contribution is -2.50. The van der Waals surface area contributed by atoms with Crippen LogP contribution in [-0.4, -0.2) is 53.3 Å². The molecule has 0 unspecified atom stereocenters. The van der Waals surface area contributed by atoms with Crippen LogP contribution in [0.25, 0.3) is 0 Å². The standard InChI is InChI=1S/C15H30N2S/c1-15(2,3)17-8-4-5-13(12-17)11-16-9-6-14(18)7-10-16/h13-14,18H,4-12H2,1-3H3/t13-/m0/s1. The van der Waals surface area contributed by atoms with Crippen molar-refractivity contribution in [3.63, 3.8) is 0 Å². The second kappa shape index (κ2) is 6.15. The van der Waals surface area contributed by atoms with Gasteiger partial charge in [-0.25, -0.2) is 0 Å². The highest BCUT2D eigenvalue weighted by Gasteiger charge is 2.29. The molecule has 0 aliphatic carbocycles. The minimum absolute atomic E-state index is 0.344. The van der Waals surface area contributed by atoms with Crippen LogP contribution in [0.15, 0.2) is 0 Å². The molecule has 2 nitrogen and oxygen atoms in total. The molecule has 0 aromatic rings. The molecule has 2 aliphatic rings. The van der Waals surface area contributed by atoms with Crippen LogP contribution < -0.4 is 0 Å². The molecular weight excluding hydrogens is 240 g/mol. The van der Waals surface area contributed by atoms with Gasteiger partial charge in [-0.15, -0.1) is 0 Å². The Morgan fingerprint density at radius 2 is 1.72 bits per heavy atom. The molecular formula is C15H30N2S. The number of piperidine rings is 2. The molecule has 18 heavy (non-hydrogen) atoms. The van der Waals surface area contributed by atoms with Crippen molar-refractivity contribution in [3.8, 4) is 0 Å². The number of hydrogen-bond donors (Lipinski definition) is 1. The van der Waals surface area contributed by atoms with Crippen molar-refractivity contribution in [2.45, 2.75) is 57.2 Å². The lowest BCUT2D eigenvalue weighted by molar-refractivity contribution is 0.0606. The van der Waals surface area contributed by atoms with Crippen LogP contribution in [0.5, 0.6) is 0 Å². The molecule has 0 radical (unpaired) electrons. The molecule has 2 aliphatic heterocycles. The highest BCUT2D eigenvalue weighted by Crippen LogP contribution is 2.25. The van der Waals surface area contributed by atoms with E-state index in [9.17, 15) is 0 Å². The zero-order valence-electron chi connectivity index (χ0n) is 12.4. The summed E-state index contributed by atoms with van der Waals surface area (Å²) >= 11 is 4.59. The van der Waals surface area contributed by atoms with Crippen molar-refractivity contribution in [1.82, 2.24) is 9.80 Å². The summed E-state index contributed by atoms with van der Waals surface area (Å²) < 4.78 is 0. The highest BCUT2D eigenvalue weighted by atomic mass is 32.1. The maximum atomic E-state index is 4.59. The minimum Gasteiger partial charge on any atom is -0.303 e. The minimum atomic E-state index is 0.344. The van der Waals surface area contributed by atoms with Gasteiger partial charge in [-0.1, -0.05) is 0 Å². The lowest BCUT2D eigenvalue weighted by Gasteiger charge is -2.43. The maximum absolute atomic E-state index is 4.59. The zero-order chi connectivity index (χ0) is 13.2. The van der Waals surface area contributed by atoms with E-state index in [1.165, 1.54) is 58.4 Å². The van der Waals surface area contributed by atoms with Crippen LogP contribution in [0.4, 0.5) is 0 Å². The number of rotatable bonds is 2. The van der Waals surface area contributed by atoms with Gasteiger partial charge in [0.05, 0.1) is 0 Å². The van der Waals surface area contributed by atoms with Gasteiger partial charge >= 0.3 is 0 Å². The molecule has 0 bridgehead atoms. The summed E-state index contributed by atoms with van der Waals surface area (Å²) in [5, 5.41) is 0.652. The Morgan fingerprint density at radius 1 is 1.06 bits per heavy atom. The maximum Gasteiger partial charge on any atom is 0.0125 e. The summed E-state index contributed by atoms with van der Waals surface area (Å²) in [4.78, 5) is 5.34. The molecule has 2 heterocycles. The predicted molar refractivity (Wildman–Crippen MR) is 82.5 cm³/mol. The second-order valence-electron chi connectivity index (χ2n) is 7.16. The van der Waals surface area contributed by atoms with E-state index in [0.29, 0.717) is 10.8 Å². The molecule has 3 heteroatoms. The largest absolute Gasteiger partial charge is 0.303 e. The molecule has 0 amide bonds. The zero-order valence-corrected chi connectivity index (χ0v) is 13.3. The van der Waals surface area contributed by atoms with Crippen LogP contribution >= 0.6 is 12.6 Å². The van der Waals surface area contributed by atoms with Crippen molar-refractivity contribution in [2.24, 2.45) is 5.92 Å². The number of hydrogen-bond acceptors (Lipinski definition) is 3. The first-order chi connectivity index (χ1) is 8.45. The van der Waals surface area contributed by atoms with Gasteiger partial charge in [-0.3, -0.25) is 4.90 Å². The van der Waals surface area contributed by atoms with Gasteiger partial charge in [0.15, 0.2) is 0 Å². The molecule has 2 saturated heterocycles. The Kier molecular flexibility index (Phi) is 5.01. The molecule has 1 atom stereocenters. The normalized spacial score (nSPS) is 29.7. The Hall–Kier alpha value is 0.270. The Morgan fingerprint density at radius 3 is 2.33 bits per heavy atom. The van der Waals surface area contributed by atoms with E-state index in [1.54, 1.807) is 0 Å². The fourth-order valence-corrected chi connectivity index (χ4v) is 3.52. The molecule has 2 rings (SSSR count). The summed E-state index contributed by atoms with van der Waals surface area (Å²) in [6.07, 6.45) is 5.36. The fraction of sp³-hybridized carbons (Fsp3) is 1.00. The molecule has 0 spiro atoms. The average Bonchev–Trinajstić information content (AvgIpc) is 2.31. The van der Waals surface area contributed by atoms with E-state index in [1.807, 2.05) is 0 Å². The van der Waals surface area contributed by atoms with E-state index in [2.05, 4.69) is 43.2 Å². The lowest BCUT2D eigenvalue weighted by atomic mass is 9.92. The third-order valence-electron chi connectivity index (χ3n) is 4.54. The van der Waals surface area contributed by atoms with E-state index >= 15 is 0 Å². The molecule has 106 valence electrons. The Balaban J connectivity index is 1.79. The third kappa shape index (κ3) is 4.14. The average molecular weight is 270 g/mol. The van der Waals surface area contributed by atoms with Crippen LogP contribution in [-0.2, 0) is 0 Å². The van der Waals surface area contributed by atoms with Gasteiger partial charge in [0, 0.05) is 23.9 Å². The Bertz CT molecular complexity index is 254. The van der Waals surface area contributed by atoms with E-state index in [-0.39, 0.29) is 0 Å². The third-order valence-corrected chi connectivity index (χ3v) is 5.06. The van der Waals surface area contributed by atoms with Crippen LogP contribution in [0.1, 0.15) is 46.5 Å². The monoisotopic (exact) mass is 270 g/mol. The number of nitrogens with zero attached hydrogens (tertiary/aromatic N) is 2. The molecule has 0 aromatic heterocycles. The number of thiol groups is 1. The summed E-state index contributed by atoms with van der Waals surface area (Å²) in [6.45, 7) is 13.5. The molecule has 0 N–H and O–H groups in total. The van der Waals surface area contributed by atoms with Crippen LogP contribution in [0.3, 0.4) is 0 Å². The topological polar surface area (TPSA) is 6.48 Å². The summed E-state index contributed by atoms with van der Waals surface area (Å²) in [5.74, 6) is 0.884. The quantitative estimate of drug-likeness (QED) is 0.771. The Labute approximate surface area is 119 Å². The SMILES string of the molecule is CC(C)(C)N1CCC[C@@H](CN2CCC(S)CC2)C1.